The van der Waals surface area contributed by atoms with E-state index in [2.05, 4.69) is 5.32 Å². The van der Waals surface area contributed by atoms with Crippen LogP contribution < -0.4 is 10.1 Å². The molecule has 0 saturated heterocycles. The molecule has 16 heavy (non-hydrogen) atoms. The molecule has 0 spiro atoms. The third-order valence-corrected chi connectivity index (χ3v) is 5.24. The Labute approximate surface area is 95.5 Å². The van der Waals surface area contributed by atoms with Crippen molar-refractivity contribution in [2.75, 3.05) is 19.0 Å². The highest BCUT2D eigenvalue weighted by Gasteiger charge is 2.32. The van der Waals surface area contributed by atoms with E-state index >= 15 is 0 Å². The minimum Gasteiger partial charge on any atom is -0.497 e. The third kappa shape index (κ3) is 1.65. The number of benzene rings is 1. The second kappa shape index (κ2) is 3.97. The first-order valence-electron chi connectivity index (χ1n) is 5.25. The first-order valence-corrected chi connectivity index (χ1v) is 6.80. The predicted octanol–water partition coefficient (Wildman–Crippen LogP) is 1.67. The summed E-state index contributed by atoms with van der Waals surface area (Å²) < 4.78 is 29.5. The van der Waals surface area contributed by atoms with Gasteiger partial charge in [0.1, 0.15) is 5.75 Å². The number of fused-ring (bicyclic) bond motifs is 1. The van der Waals surface area contributed by atoms with Crippen LogP contribution in [-0.2, 0) is 9.84 Å². The molecule has 88 valence electrons. The largest absolute Gasteiger partial charge is 0.497 e. The SMILES string of the molecule is CCC1CNc2ccc(OC)cc2S1(=O)=O. The third-order valence-electron chi connectivity index (χ3n) is 2.91. The number of rotatable bonds is 2. The summed E-state index contributed by atoms with van der Waals surface area (Å²) in [6, 6.07) is 5.09. The summed E-state index contributed by atoms with van der Waals surface area (Å²) in [5.74, 6) is 0.570. The molecule has 0 aliphatic carbocycles. The summed E-state index contributed by atoms with van der Waals surface area (Å²) in [4.78, 5) is 0.352. The zero-order valence-electron chi connectivity index (χ0n) is 9.36. The molecule has 1 N–H and O–H groups in total. The van der Waals surface area contributed by atoms with E-state index in [1.165, 1.54) is 7.11 Å². The Balaban J connectivity index is 2.56. The second-order valence-electron chi connectivity index (χ2n) is 3.82. The maximum Gasteiger partial charge on any atom is 0.185 e. The van der Waals surface area contributed by atoms with Gasteiger partial charge < -0.3 is 10.1 Å². The molecule has 1 heterocycles. The average Bonchev–Trinajstić information content (AvgIpc) is 2.29. The Morgan fingerprint density at radius 2 is 2.25 bits per heavy atom. The fourth-order valence-corrected chi connectivity index (χ4v) is 3.72. The zero-order chi connectivity index (χ0) is 11.8. The van der Waals surface area contributed by atoms with Gasteiger partial charge in [0.25, 0.3) is 0 Å². The van der Waals surface area contributed by atoms with Gasteiger partial charge in [-0.3, -0.25) is 0 Å². The zero-order valence-corrected chi connectivity index (χ0v) is 10.2. The van der Waals surface area contributed by atoms with E-state index in [0.717, 1.165) is 0 Å². The van der Waals surface area contributed by atoms with Crippen molar-refractivity contribution in [1.29, 1.82) is 0 Å². The molecule has 0 fully saturated rings. The number of nitrogens with one attached hydrogen (secondary N) is 1. The molecule has 0 radical (unpaired) electrons. The maximum atomic E-state index is 12.2. The summed E-state index contributed by atoms with van der Waals surface area (Å²) in [6.45, 7) is 2.37. The topological polar surface area (TPSA) is 55.4 Å². The highest BCUT2D eigenvalue weighted by atomic mass is 32.2. The molecular weight excluding hydrogens is 226 g/mol. The molecule has 1 aliphatic rings. The van der Waals surface area contributed by atoms with E-state index in [0.29, 0.717) is 29.3 Å². The fraction of sp³-hybridized carbons (Fsp3) is 0.455. The van der Waals surface area contributed by atoms with Crippen molar-refractivity contribution in [1.82, 2.24) is 0 Å². The molecule has 5 heteroatoms. The van der Waals surface area contributed by atoms with Gasteiger partial charge in [-0.2, -0.15) is 0 Å². The molecular formula is C11H15NO3S. The normalized spacial score (nSPS) is 22.0. The van der Waals surface area contributed by atoms with Crippen LogP contribution in [0.3, 0.4) is 0 Å². The van der Waals surface area contributed by atoms with Gasteiger partial charge in [-0.15, -0.1) is 0 Å². The Hall–Kier alpha value is -1.23. The van der Waals surface area contributed by atoms with E-state index < -0.39 is 9.84 Å². The summed E-state index contributed by atoms with van der Waals surface area (Å²) >= 11 is 0. The fourth-order valence-electron chi connectivity index (χ4n) is 1.89. The molecule has 0 saturated carbocycles. The van der Waals surface area contributed by atoms with Gasteiger partial charge in [-0.1, -0.05) is 6.92 Å². The van der Waals surface area contributed by atoms with E-state index in [9.17, 15) is 8.42 Å². The van der Waals surface area contributed by atoms with Crippen molar-refractivity contribution in [3.8, 4) is 5.75 Å². The van der Waals surface area contributed by atoms with Gasteiger partial charge in [0.2, 0.25) is 0 Å². The first-order chi connectivity index (χ1) is 7.59. The molecule has 4 nitrogen and oxygen atoms in total. The number of hydrogen-bond donors (Lipinski definition) is 1. The van der Waals surface area contributed by atoms with Crippen LogP contribution in [0.2, 0.25) is 0 Å². The van der Waals surface area contributed by atoms with Gasteiger partial charge in [-0.05, 0) is 18.6 Å². The van der Waals surface area contributed by atoms with Crippen LogP contribution in [0.4, 0.5) is 5.69 Å². The summed E-state index contributed by atoms with van der Waals surface area (Å²) in [7, 11) is -1.68. The van der Waals surface area contributed by atoms with Gasteiger partial charge in [-0.25, -0.2) is 8.42 Å². The molecule has 2 rings (SSSR count). The smallest absolute Gasteiger partial charge is 0.185 e. The van der Waals surface area contributed by atoms with Crippen LogP contribution in [-0.4, -0.2) is 27.3 Å². The molecule has 0 bridgehead atoms. The first kappa shape index (κ1) is 11.3. The number of sulfone groups is 1. The average molecular weight is 241 g/mol. The van der Waals surface area contributed by atoms with Crippen molar-refractivity contribution >= 4 is 15.5 Å². The van der Waals surface area contributed by atoms with Gasteiger partial charge in [0.05, 0.1) is 22.9 Å². The number of ether oxygens (including phenoxy) is 1. The van der Waals surface area contributed by atoms with E-state index in [1.54, 1.807) is 18.2 Å². The van der Waals surface area contributed by atoms with Crippen LogP contribution >= 0.6 is 0 Å². The Bertz CT molecular complexity index is 496. The molecule has 0 amide bonds. The van der Waals surface area contributed by atoms with Crippen molar-refractivity contribution in [2.24, 2.45) is 0 Å². The summed E-state index contributed by atoms with van der Waals surface area (Å²) in [5.41, 5.74) is 0.672. The van der Waals surface area contributed by atoms with Crippen molar-refractivity contribution < 1.29 is 13.2 Å². The monoisotopic (exact) mass is 241 g/mol. The Morgan fingerprint density at radius 3 is 2.88 bits per heavy atom. The van der Waals surface area contributed by atoms with E-state index in [4.69, 9.17) is 4.74 Å². The van der Waals surface area contributed by atoms with Crippen LogP contribution in [0.1, 0.15) is 13.3 Å². The highest BCUT2D eigenvalue weighted by Crippen LogP contribution is 2.33. The Morgan fingerprint density at radius 1 is 1.50 bits per heavy atom. The highest BCUT2D eigenvalue weighted by molar-refractivity contribution is 7.92. The minimum absolute atomic E-state index is 0.341. The summed E-state index contributed by atoms with van der Waals surface area (Å²) in [6.07, 6.45) is 0.617. The number of methoxy groups -OCH3 is 1. The lowest BCUT2D eigenvalue weighted by atomic mass is 10.2. The van der Waals surface area contributed by atoms with Crippen LogP contribution in [0.15, 0.2) is 23.1 Å². The molecule has 1 aromatic carbocycles. The van der Waals surface area contributed by atoms with Gasteiger partial charge in [0.15, 0.2) is 9.84 Å². The second-order valence-corrected chi connectivity index (χ2v) is 6.01. The number of hydrogen-bond acceptors (Lipinski definition) is 4. The molecule has 1 atom stereocenters. The van der Waals surface area contributed by atoms with Gasteiger partial charge >= 0.3 is 0 Å². The Kier molecular flexibility index (Phi) is 2.80. The lowest BCUT2D eigenvalue weighted by Gasteiger charge is -2.25. The lowest BCUT2D eigenvalue weighted by Crippen LogP contribution is -2.33. The van der Waals surface area contributed by atoms with Crippen molar-refractivity contribution in [3.05, 3.63) is 18.2 Å². The van der Waals surface area contributed by atoms with Crippen LogP contribution in [0.25, 0.3) is 0 Å². The van der Waals surface area contributed by atoms with Crippen molar-refractivity contribution in [3.63, 3.8) is 0 Å². The molecule has 1 unspecified atom stereocenters. The molecule has 0 aromatic heterocycles. The lowest BCUT2D eigenvalue weighted by molar-refractivity contribution is 0.413. The van der Waals surface area contributed by atoms with Gasteiger partial charge in [0, 0.05) is 12.6 Å². The quantitative estimate of drug-likeness (QED) is 0.855. The maximum absolute atomic E-state index is 12.2. The molecule has 1 aliphatic heterocycles. The standard InChI is InChI=1S/C11H15NO3S/c1-3-9-7-12-10-5-4-8(15-2)6-11(10)16(9,13)14/h4-6,9,12H,3,7H2,1-2H3. The molecule has 1 aromatic rings. The van der Waals surface area contributed by atoms with E-state index in [-0.39, 0.29) is 5.25 Å². The van der Waals surface area contributed by atoms with Crippen molar-refractivity contribution in [2.45, 2.75) is 23.5 Å². The van der Waals surface area contributed by atoms with Crippen LogP contribution in [0, 0.1) is 0 Å². The number of anilines is 1. The predicted molar refractivity (Wildman–Crippen MR) is 62.7 cm³/mol. The van der Waals surface area contributed by atoms with Crippen LogP contribution in [0.5, 0.6) is 5.75 Å². The summed E-state index contributed by atoms with van der Waals surface area (Å²) in [5, 5.41) is 2.80. The minimum atomic E-state index is -3.21. The van der Waals surface area contributed by atoms with E-state index in [1.807, 2.05) is 6.92 Å².